The molecular formula is C17H21N5O6S. The minimum absolute atomic E-state index is 0.00919. The first kappa shape index (κ1) is 20.9. The molecule has 29 heavy (non-hydrogen) atoms. The van der Waals surface area contributed by atoms with Gasteiger partial charge < -0.3 is 14.4 Å². The van der Waals surface area contributed by atoms with Crippen LogP contribution in [0.4, 0.5) is 11.5 Å². The molecule has 2 heterocycles. The maximum atomic E-state index is 12.3. The van der Waals surface area contributed by atoms with Crippen LogP contribution in [0.3, 0.4) is 0 Å². The van der Waals surface area contributed by atoms with E-state index in [-0.39, 0.29) is 23.7 Å². The van der Waals surface area contributed by atoms with Crippen molar-refractivity contribution in [2.75, 3.05) is 44.4 Å². The molecule has 0 saturated carbocycles. The van der Waals surface area contributed by atoms with E-state index in [9.17, 15) is 18.5 Å². The number of non-ortho nitro benzene ring substituents is 1. The Bertz CT molecular complexity index is 961. The Labute approximate surface area is 167 Å². The van der Waals surface area contributed by atoms with Crippen molar-refractivity contribution >= 4 is 21.5 Å². The van der Waals surface area contributed by atoms with Crippen LogP contribution in [0.5, 0.6) is 5.88 Å². The van der Waals surface area contributed by atoms with Crippen molar-refractivity contribution in [1.82, 2.24) is 14.7 Å². The van der Waals surface area contributed by atoms with Crippen molar-refractivity contribution < 1.29 is 22.8 Å². The molecule has 0 bridgehead atoms. The standard InChI is InChI=1S/C17H21N5O6S/c1-13-19-16(21-7-10-27-11-8-21)12-17(20-13)28-9-6-18-29(25,26)15-4-2-14(3-5-15)22(23)24/h2-5,12,18H,6-11H2,1H3. The highest BCUT2D eigenvalue weighted by atomic mass is 32.2. The molecule has 1 aliphatic heterocycles. The molecule has 1 saturated heterocycles. The molecule has 0 unspecified atom stereocenters. The smallest absolute Gasteiger partial charge is 0.269 e. The van der Waals surface area contributed by atoms with Crippen molar-refractivity contribution in [2.45, 2.75) is 11.8 Å². The minimum atomic E-state index is -3.80. The number of hydrogen-bond acceptors (Lipinski definition) is 9. The van der Waals surface area contributed by atoms with E-state index in [1.54, 1.807) is 13.0 Å². The molecule has 1 aliphatic rings. The normalized spacial score (nSPS) is 14.6. The number of nitrogens with one attached hydrogen (secondary N) is 1. The number of nitro benzene ring substituents is 1. The average molecular weight is 423 g/mol. The first-order valence-electron chi connectivity index (χ1n) is 8.90. The predicted octanol–water partition coefficient (Wildman–Crippen LogP) is 0.887. The molecule has 11 nitrogen and oxygen atoms in total. The Hall–Kier alpha value is -2.83. The second kappa shape index (κ2) is 9.11. The van der Waals surface area contributed by atoms with E-state index in [1.165, 1.54) is 12.1 Å². The summed E-state index contributed by atoms with van der Waals surface area (Å²) in [5, 5.41) is 10.7. The van der Waals surface area contributed by atoms with Crippen LogP contribution in [0.2, 0.25) is 0 Å². The number of ether oxygens (including phenoxy) is 2. The van der Waals surface area contributed by atoms with Crippen molar-refractivity contribution in [3.63, 3.8) is 0 Å². The van der Waals surface area contributed by atoms with E-state index in [1.807, 2.05) is 0 Å². The molecule has 1 fully saturated rings. The van der Waals surface area contributed by atoms with Gasteiger partial charge in [-0.1, -0.05) is 0 Å². The summed E-state index contributed by atoms with van der Waals surface area (Å²) in [4.78, 5) is 20.7. The third-order valence-corrected chi connectivity index (χ3v) is 5.61. The number of sulfonamides is 1. The molecule has 2 aromatic rings. The fourth-order valence-corrected chi connectivity index (χ4v) is 3.73. The molecule has 156 valence electrons. The molecular weight excluding hydrogens is 402 g/mol. The van der Waals surface area contributed by atoms with E-state index in [4.69, 9.17) is 9.47 Å². The maximum Gasteiger partial charge on any atom is 0.269 e. The zero-order valence-corrected chi connectivity index (χ0v) is 16.6. The summed E-state index contributed by atoms with van der Waals surface area (Å²) in [6, 6.07) is 6.36. The molecule has 0 atom stereocenters. The monoisotopic (exact) mass is 423 g/mol. The highest BCUT2D eigenvalue weighted by Crippen LogP contribution is 2.19. The van der Waals surface area contributed by atoms with Crippen LogP contribution >= 0.6 is 0 Å². The van der Waals surface area contributed by atoms with Gasteiger partial charge in [0.25, 0.3) is 5.69 Å². The predicted molar refractivity (Wildman–Crippen MR) is 104 cm³/mol. The summed E-state index contributed by atoms with van der Waals surface area (Å²) in [6.07, 6.45) is 0. The molecule has 1 aromatic heterocycles. The number of aromatic nitrogens is 2. The summed E-state index contributed by atoms with van der Waals surface area (Å²) in [6.45, 7) is 4.54. The number of rotatable bonds is 8. The lowest BCUT2D eigenvalue weighted by Gasteiger charge is -2.28. The van der Waals surface area contributed by atoms with Crippen LogP contribution in [-0.4, -0.2) is 62.8 Å². The van der Waals surface area contributed by atoms with Gasteiger partial charge in [0.2, 0.25) is 15.9 Å². The first-order chi connectivity index (χ1) is 13.8. The van der Waals surface area contributed by atoms with E-state index >= 15 is 0 Å². The maximum absolute atomic E-state index is 12.3. The van der Waals surface area contributed by atoms with Crippen LogP contribution in [0.25, 0.3) is 0 Å². The van der Waals surface area contributed by atoms with E-state index < -0.39 is 14.9 Å². The van der Waals surface area contributed by atoms with Crippen LogP contribution < -0.4 is 14.4 Å². The number of anilines is 1. The second-order valence-corrected chi connectivity index (χ2v) is 7.98. The molecule has 1 aromatic carbocycles. The lowest BCUT2D eigenvalue weighted by atomic mass is 10.3. The Balaban J connectivity index is 1.55. The molecule has 0 amide bonds. The number of benzene rings is 1. The third-order valence-electron chi connectivity index (χ3n) is 4.14. The van der Waals surface area contributed by atoms with E-state index in [2.05, 4.69) is 19.6 Å². The first-order valence-corrected chi connectivity index (χ1v) is 10.4. The van der Waals surface area contributed by atoms with Gasteiger partial charge in [-0.05, 0) is 19.1 Å². The number of nitrogens with zero attached hydrogens (tertiary/aromatic N) is 4. The van der Waals surface area contributed by atoms with Gasteiger partial charge in [-0.15, -0.1) is 0 Å². The highest BCUT2D eigenvalue weighted by Gasteiger charge is 2.17. The Morgan fingerprint density at radius 1 is 1.24 bits per heavy atom. The molecule has 1 N–H and O–H groups in total. The van der Waals surface area contributed by atoms with Crippen molar-refractivity contribution in [2.24, 2.45) is 0 Å². The third kappa shape index (κ3) is 5.59. The average Bonchev–Trinajstić information content (AvgIpc) is 2.71. The van der Waals surface area contributed by atoms with Gasteiger partial charge in [-0.25, -0.2) is 18.1 Å². The quantitative estimate of drug-likeness (QED) is 0.373. The van der Waals surface area contributed by atoms with Gasteiger partial charge in [0.15, 0.2) is 0 Å². The lowest BCUT2D eigenvalue weighted by molar-refractivity contribution is -0.384. The van der Waals surface area contributed by atoms with E-state index in [0.29, 0.717) is 24.9 Å². The summed E-state index contributed by atoms with van der Waals surface area (Å²) < 4.78 is 37.8. The molecule has 3 rings (SSSR count). The van der Waals surface area contributed by atoms with Gasteiger partial charge in [-0.2, -0.15) is 4.98 Å². The van der Waals surface area contributed by atoms with Crippen LogP contribution in [0.1, 0.15) is 5.82 Å². The Kier molecular flexibility index (Phi) is 6.56. The number of aryl methyl sites for hydroxylation is 1. The molecule has 12 heteroatoms. The van der Waals surface area contributed by atoms with Crippen molar-refractivity contribution in [1.29, 1.82) is 0 Å². The molecule has 0 spiro atoms. The van der Waals surface area contributed by atoms with Gasteiger partial charge in [-0.3, -0.25) is 10.1 Å². The van der Waals surface area contributed by atoms with Crippen LogP contribution in [0, 0.1) is 17.0 Å². The summed E-state index contributed by atoms with van der Waals surface area (Å²) in [5.41, 5.74) is -0.178. The van der Waals surface area contributed by atoms with Gasteiger partial charge >= 0.3 is 0 Å². The lowest BCUT2D eigenvalue weighted by Crippen LogP contribution is -2.37. The second-order valence-electron chi connectivity index (χ2n) is 6.21. The molecule has 0 radical (unpaired) electrons. The van der Waals surface area contributed by atoms with Crippen molar-refractivity contribution in [3.8, 4) is 5.88 Å². The summed E-state index contributed by atoms with van der Waals surface area (Å²) in [7, 11) is -3.80. The fraction of sp³-hybridized carbons (Fsp3) is 0.412. The molecule has 0 aliphatic carbocycles. The topological polar surface area (TPSA) is 137 Å². The van der Waals surface area contributed by atoms with Gasteiger partial charge in [0, 0.05) is 37.8 Å². The van der Waals surface area contributed by atoms with Crippen LogP contribution in [0.15, 0.2) is 35.2 Å². The van der Waals surface area contributed by atoms with Crippen LogP contribution in [-0.2, 0) is 14.8 Å². The van der Waals surface area contributed by atoms with Gasteiger partial charge in [0.1, 0.15) is 18.2 Å². The number of morpholine rings is 1. The fourth-order valence-electron chi connectivity index (χ4n) is 2.72. The SMILES string of the molecule is Cc1nc(OCCNS(=O)(=O)c2ccc([N+](=O)[O-])cc2)cc(N2CCOCC2)n1. The zero-order chi connectivity index (χ0) is 20.9. The van der Waals surface area contributed by atoms with E-state index in [0.717, 1.165) is 31.0 Å². The zero-order valence-electron chi connectivity index (χ0n) is 15.8. The number of nitro groups is 1. The summed E-state index contributed by atoms with van der Waals surface area (Å²) in [5.74, 6) is 1.64. The minimum Gasteiger partial charge on any atom is -0.476 e. The Morgan fingerprint density at radius 2 is 1.93 bits per heavy atom. The number of hydrogen-bond donors (Lipinski definition) is 1. The highest BCUT2D eigenvalue weighted by molar-refractivity contribution is 7.89. The summed E-state index contributed by atoms with van der Waals surface area (Å²) >= 11 is 0. The Morgan fingerprint density at radius 3 is 2.59 bits per heavy atom. The largest absolute Gasteiger partial charge is 0.476 e. The van der Waals surface area contributed by atoms with Gasteiger partial charge in [0.05, 0.1) is 23.0 Å². The van der Waals surface area contributed by atoms with Crippen molar-refractivity contribution in [3.05, 3.63) is 46.3 Å².